The summed E-state index contributed by atoms with van der Waals surface area (Å²) in [6, 6.07) is 12.7. The summed E-state index contributed by atoms with van der Waals surface area (Å²) in [6.07, 6.45) is 5.72. The molecule has 2 atom stereocenters. The number of rotatable bonds is 6. The number of halogens is 2. The Morgan fingerprint density at radius 2 is 1.82 bits per heavy atom. The molecule has 0 saturated carbocycles. The summed E-state index contributed by atoms with van der Waals surface area (Å²) in [4.78, 5) is 27.8. The molecule has 0 unspecified atom stereocenters. The zero-order valence-electron chi connectivity index (χ0n) is 18.4. The van der Waals surface area contributed by atoms with Crippen LogP contribution in [0.5, 0.6) is 0 Å². The molecule has 2 amide bonds. The van der Waals surface area contributed by atoms with Crippen LogP contribution in [0.4, 0.5) is 0 Å². The van der Waals surface area contributed by atoms with Gasteiger partial charge in [0.1, 0.15) is 6.04 Å². The second-order valence-corrected chi connectivity index (χ2v) is 11.0. The van der Waals surface area contributed by atoms with Gasteiger partial charge in [0.05, 0.1) is 21.4 Å². The second kappa shape index (κ2) is 10.4. The molecule has 7 nitrogen and oxygen atoms in total. The van der Waals surface area contributed by atoms with Crippen LogP contribution in [0.15, 0.2) is 65.8 Å². The van der Waals surface area contributed by atoms with Crippen molar-refractivity contribution in [2.45, 2.75) is 49.1 Å². The van der Waals surface area contributed by atoms with Crippen LogP contribution in [0.3, 0.4) is 0 Å². The maximum absolute atomic E-state index is 13.4. The standard InChI is InChI=1S/C24H25Cl2N3O4S/c25-20-10-9-19(15-21(20)26)34(32,33)29-13-11-27-24(31)22(29)16-23(30)28-12-5-4-8-18(28)14-17-6-2-1-3-7-17/h1-3,6-7,9-11,13,15,18,22H,4-5,8,12,14,16H2,(H,27,31)/t18-,22+/m0/s1. The highest BCUT2D eigenvalue weighted by atomic mass is 35.5. The van der Waals surface area contributed by atoms with Gasteiger partial charge in [0, 0.05) is 25.0 Å². The van der Waals surface area contributed by atoms with Crippen molar-refractivity contribution >= 4 is 45.0 Å². The highest BCUT2D eigenvalue weighted by Crippen LogP contribution is 2.29. The molecule has 4 rings (SSSR count). The van der Waals surface area contributed by atoms with Crippen LogP contribution < -0.4 is 5.32 Å². The summed E-state index contributed by atoms with van der Waals surface area (Å²) < 4.78 is 27.6. The van der Waals surface area contributed by atoms with Crippen LogP contribution in [0.25, 0.3) is 0 Å². The zero-order chi connectivity index (χ0) is 24.3. The number of hydrogen-bond acceptors (Lipinski definition) is 4. The molecular formula is C24H25Cl2N3O4S. The lowest BCUT2D eigenvalue weighted by molar-refractivity contribution is -0.138. The minimum atomic E-state index is -4.15. The molecular weight excluding hydrogens is 497 g/mol. The van der Waals surface area contributed by atoms with E-state index in [-0.39, 0.29) is 33.3 Å². The third-order valence-electron chi connectivity index (χ3n) is 6.15. The molecule has 1 N–H and O–H groups in total. The van der Waals surface area contributed by atoms with Crippen LogP contribution >= 0.6 is 23.2 Å². The Morgan fingerprint density at radius 1 is 1.06 bits per heavy atom. The molecule has 180 valence electrons. The first-order valence-corrected chi connectivity index (χ1v) is 13.3. The first kappa shape index (κ1) is 24.6. The molecule has 1 fully saturated rings. The molecule has 0 aliphatic carbocycles. The Bertz CT molecular complexity index is 1200. The van der Waals surface area contributed by atoms with Crippen LogP contribution in [0, 0.1) is 0 Å². The fraction of sp³-hybridized carbons (Fsp3) is 0.333. The highest BCUT2D eigenvalue weighted by molar-refractivity contribution is 7.89. The molecule has 2 aromatic rings. The molecule has 0 bridgehead atoms. The van der Waals surface area contributed by atoms with Crippen molar-refractivity contribution in [3.8, 4) is 0 Å². The number of hydrogen-bond donors (Lipinski definition) is 1. The summed E-state index contributed by atoms with van der Waals surface area (Å²) in [7, 11) is -4.15. The normalized spacial score (nSPS) is 20.8. The van der Waals surface area contributed by atoms with E-state index in [1.165, 1.54) is 30.6 Å². The molecule has 2 aromatic carbocycles. The van der Waals surface area contributed by atoms with E-state index in [0.29, 0.717) is 13.0 Å². The quantitative estimate of drug-likeness (QED) is 0.622. The lowest BCUT2D eigenvalue weighted by Gasteiger charge is -2.38. The molecule has 2 aliphatic heterocycles. The molecule has 2 aliphatic rings. The maximum atomic E-state index is 13.4. The topological polar surface area (TPSA) is 86.8 Å². The predicted molar refractivity (Wildman–Crippen MR) is 131 cm³/mol. The summed E-state index contributed by atoms with van der Waals surface area (Å²) >= 11 is 11.9. The van der Waals surface area contributed by atoms with Gasteiger partial charge in [0.2, 0.25) is 11.8 Å². The Morgan fingerprint density at radius 3 is 2.56 bits per heavy atom. The lowest BCUT2D eigenvalue weighted by atomic mass is 9.95. The fourth-order valence-electron chi connectivity index (χ4n) is 4.41. The van der Waals surface area contributed by atoms with Crippen molar-refractivity contribution in [1.29, 1.82) is 0 Å². The number of carbonyl (C=O) groups excluding carboxylic acids is 2. The molecule has 0 spiro atoms. The van der Waals surface area contributed by atoms with E-state index in [0.717, 1.165) is 29.1 Å². The molecule has 34 heavy (non-hydrogen) atoms. The van der Waals surface area contributed by atoms with Crippen LogP contribution in [-0.2, 0) is 26.0 Å². The largest absolute Gasteiger partial charge is 0.339 e. The minimum absolute atomic E-state index is 0.00553. The predicted octanol–water partition coefficient (Wildman–Crippen LogP) is 3.97. The summed E-state index contributed by atoms with van der Waals surface area (Å²) in [5, 5.41) is 2.82. The number of piperidine rings is 1. The van der Waals surface area contributed by atoms with Crippen LogP contribution in [0.1, 0.15) is 31.2 Å². The number of nitrogens with one attached hydrogen (secondary N) is 1. The molecule has 0 radical (unpaired) electrons. The molecule has 0 aromatic heterocycles. The minimum Gasteiger partial charge on any atom is -0.339 e. The summed E-state index contributed by atoms with van der Waals surface area (Å²) in [6.45, 7) is 0.583. The van der Waals surface area contributed by atoms with Gasteiger partial charge >= 0.3 is 0 Å². The number of nitrogens with zero attached hydrogens (tertiary/aromatic N) is 2. The van der Waals surface area contributed by atoms with E-state index in [1.807, 2.05) is 30.3 Å². The van der Waals surface area contributed by atoms with Gasteiger partial charge in [-0.3, -0.25) is 13.9 Å². The van der Waals surface area contributed by atoms with E-state index in [2.05, 4.69) is 5.32 Å². The SMILES string of the molecule is O=C1NC=CN(S(=O)(=O)c2ccc(Cl)c(Cl)c2)[C@@H]1CC(=O)N1CCCC[C@H]1Cc1ccccc1. The third-order valence-corrected chi connectivity index (χ3v) is 8.67. The van der Waals surface area contributed by atoms with Gasteiger partial charge in [0.15, 0.2) is 0 Å². The monoisotopic (exact) mass is 521 g/mol. The van der Waals surface area contributed by atoms with Crippen molar-refractivity contribution in [2.75, 3.05) is 6.54 Å². The number of carbonyl (C=O) groups is 2. The van der Waals surface area contributed by atoms with Gasteiger partial charge in [-0.1, -0.05) is 53.5 Å². The highest BCUT2D eigenvalue weighted by Gasteiger charge is 2.39. The van der Waals surface area contributed by atoms with Gasteiger partial charge < -0.3 is 10.2 Å². The van der Waals surface area contributed by atoms with Gasteiger partial charge in [0.25, 0.3) is 10.0 Å². The molecule has 2 heterocycles. The van der Waals surface area contributed by atoms with E-state index >= 15 is 0 Å². The Balaban J connectivity index is 1.56. The van der Waals surface area contributed by atoms with Crippen molar-refractivity contribution in [3.05, 3.63) is 76.5 Å². The average Bonchev–Trinajstić information content (AvgIpc) is 2.83. The van der Waals surface area contributed by atoms with Crippen LogP contribution in [-0.4, -0.2) is 48.1 Å². The number of benzene rings is 2. The lowest BCUT2D eigenvalue weighted by Crippen LogP contribution is -2.53. The van der Waals surface area contributed by atoms with Gasteiger partial charge in [-0.05, 0) is 49.4 Å². The number of sulfonamides is 1. The smallest absolute Gasteiger partial charge is 0.264 e. The van der Waals surface area contributed by atoms with E-state index in [1.54, 1.807) is 4.90 Å². The number of likely N-dealkylation sites (tertiary alicyclic amines) is 1. The van der Waals surface area contributed by atoms with Crippen molar-refractivity contribution in [1.82, 2.24) is 14.5 Å². The Kier molecular flexibility index (Phi) is 7.50. The van der Waals surface area contributed by atoms with E-state index in [9.17, 15) is 18.0 Å². The van der Waals surface area contributed by atoms with Crippen molar-refractivity contribution in [3.63, 3.8) is 0 Å². The van der Waals surface area contributed by atoms with E-state index in [4.69, 9.17) is 23.2 Å². The fourth-order valence-corrected chi connectivity index (χ4v) is 6.25. The summed E-state index contributed by atoms with van der Waals surface area (Å²) in [5.74, 6) is -0.804. The third kappa shape index (κ3) is 5.24. The molecule has 1 saturated heterocycles. The second-order valence-electron chi connectivity index (χ2n) is 8.38. The Labute approximate surface area is 209 Å². The zero-order valence-corrected chi connectivity index (χ0v) is 20.7. The average molecular weight is 522 g/mol. The van der Waals surface area contributed by atoms with Gasteiger partial charge in [-0.15, -0.1) is 0 Å². The summed E-state index contributed by atoms with van der Waals surface area (Å²) in [5.41, 5.74) is 1.13. The van der Waals surface area contributed by atoms with E-state index < -0.39 is 22.0 Å². The van der Waals surface area contributed by atoms with Crippen molar-refractivity contribution in [2.24, 2.45) is 0 Å². The Hall–Kier alpha value is -2.55. The van der Waals surface area contributed by atoms with Gasteiger partial charge in [-0.2, -0.15) is 0 Å². The number of amides is 2. The molecule has 10 heteroatoms. The van der Waals surface area contributed by atoms with Crippen LogP contribution in [0.2, 0.25) is 10.0 Å². The first-order chi connectivity index (χ1) is 16.3. The van der Waals surface area contributed by atoms with Crippen molar-refractivity contribution < 1.29 is 18.0 Å². The van der Waals surface area contributed by atoms with Gasteiger partial charge in [-0.25, -0.2) is 8.42 Å². The maximum Gasteiger partial charge on any atom is 0.264 e. The first-order valence-electron chi connectivity index (χ1n) is 11.1.